The van der Waals surface area contributed by atoms with Crippen molar-refractivity contribution in [3.05, 3.63) is 18.2 Å². The molecule has 2 rings (SSSR count). The van der Waals surface area contributed by atoms with Crippen LogP contribution in [0.5, 0.6) is 11.5 Å². The molecule has 1 aliphatic rings. The highest BCUT2D eigenvalue weighted by Crippen LogP contribution is 2.33. The molecule has 0 saturated carbocycles. The Morgan fingerprint density at radius 2 is 1.96 bits per heavy atom. The zero-order valence-electron chi connectivity index (χ0n) is 15.9. The second-order valence-electron chi connectivity index (χ2n) is 6.11. The van der Waals surface area contributed by atoms with Crippen molar-refractivity contribution in [3.63, 3.8) is 0 Å². The molecule has 1 amide bonds. The summed E-state index contributed by atoms with van der Waals surface area (Å²) >= 11 is 0. The van der Waals surface area contributed by atoms with Gasteiger partial charge < -0.3 is 19.5 Å². The van der Waals surface area contributed by atoms with Gasteiger partial charge in [-0.05, 0) is 12.1 Å². The first-order valence-corrected chi connectivity index (χ1v) is 10.5. The van der Waals surface area contributed by atoms with Gasteiger partial charge in [0.15, 0.2) is 0 Å². The van der Waals surface area contributed by atoms with Gasteiger partial charge in [-0.2, -0.15) is 0 Å². The molecular weight excluding hydrogens is 374 g/mol. The van der Waals surface area contributed by atoms with E-state index in [0.29, 0.717) is 37.8 Å². The molecule has 0 aromatic heterocycles. The molecule has 152 valence electrons. The van der Waals surface area contributed by atoms with Crippen LogP contribution in [0, 0.1) is 0 Å². The molecule has 1 heterocycles. The fraction of sp³-hybridized carbons (Fsp3) is 0.588. The number of nitrogens with zero attached hydrogens (tertiary/aromatic N) is 2. The third kappa shape index (κ3) is 6.26. The van der Waals surface area contributed by atoms with Crippen molar-refractivity contribution in [1.82, 2.24) is 10.2 Å². The molecule has 0 aliphatic carbocycles. The Kier molecular flexibility index (Phi) is 7.69. The molecule has 1 saturated heterocycles. The van der Waals surface area contributed by atoms with Crippen molar-refractivity contribution >= 4 is 21.6 Å². The van der Waals surface area contributed by atoms with Crippen LogP contribution in [0.2, 0.25) is 0 Å². The predicted molar refractivity (Wildman–Crippen MR) is 102 cm³/mol. The Bertz CT molecular complexity index is 734. The molecule has 0 unspecified atom stereocenters. The number of benzene rings is 1. The number of carbonyl (C=O) groups is 1. The summed E-state index contributed by atoms with van der Waals surface area (Å²) in [6, 6.07) is 4.75. The lowest BCUT2D eigenvalue weighted by atomic mass is 10.2. The monoisotopic (exact) mass is 401 g/mol. The number of methoxy groups -OCH3 is 2. The van der Waals surface area contributed by atoms with Gasteiger partial charge in [0.05, 0.1) is 39.4 Å². The van der Waals surface area contributed by atoms with Gasteiger partial charge in [0.1, 0.15) is 18.0 Å². The van der Waals surface area contributed by atoms with E-state index in [1.807, 2.05) is 0 Å². The number of amides is 1. The molecule has 0 radical (unpaired) electrons. The van der Waals surface area contributed by atoms with Gasteiger partial charge in [-0.15, -0.1) is 0 Å². The fourth-order valence-electron chi connectivity index (χ4n) is 2.74. The van der Waals surface area contributed by atoms with Gasteiger partial charge in [0.25, 0.3) is 0 Å². The van der Waals surface area contributed by atoms with Gasteiger partial charge in [-0.25, -0.2) is 8.42 Å². The van der Waals surface area contributed by atoms with Crippen LogP contribution in [0.15, 0.2) is 18.2 Å². The maximum absolute atomic E-state index is 12.3. The van der Waals surface area contributed by atoms with E-state index in [9.17, 15) is 13.2 Å². The molecule has 0 spiro atoms. The summed E-state index contributed by atoms with van der Waals surface area (Å²) in [7, 11) is -0.750. The van der Waals surface area contributed by atoms with Gasteiger partial charge in [-0.1, -0.05) is 0 Å². The lowest BCUT2D eigenvalue weighted by molar-refractivity contribution is -0.119. The smallest absolute Gasteiger partial charge is 0.240 e. The number of anilines is 1. The van der Waals surface area contributed by atoms with Crippen LogP contribution in [0.3, 0.4) is 0 Å². The molecule has 1 fully saturated rings. The maximum atomic E-state index is 12.3. The van der Waals surface area contributed by atoms with Crippen LogP contribution in [0.4, 0.5) is 5.69 Å². The molecular formula is C17H27N3O6S. The zero-order valence-corrected chi connectivity index (χ0v) is 16.8. The van der Waals surface area contributed by atoms with Crippen molar-refractivity contribution < 1.29 is 27.4 Å². The minimum atomic E-state index is -3.69. The molecule has 0 bridgehead atoms. The average Bonchev–Trinajstić information content (AvgIpc) is 2.65. The van der Waals surface area contributed by atoms with E-state index in [0.717, 1.165) is 23.7 Å². The minimum absolute atomic E-state index is 0.282. The zero-order chi connectivity index (χ0) is 19.9. The topological polar surface area (TPSA) is 97.4 Å². The van der Waals surface area contributed by atoms with Gasteiger partial charge in [-0.3, -0.25) is 14.0 Å². The lowest BCUT2D eigenvalue weighted by Gasteiger charge is -2.27. The van der Waals surface area contributed by atoms with Gasteiger partial charge in [0.2, 0.25) is 15.9 Å². The first-order chi connectivity index (χ1) is 12.8. The van der Waals surface area contributed by atoms with Crippen LogP contribution in [-0.2, 0) is 19.6 Å². The molecule has 1 aliphatic heterocycles. The summed E-state index contributed by atoms with van der Waals surface area (Å²) in [5.74, 6) is 0.450. The number of ether oxygens (including phenoxy) is 3. The quantitative estimate of drug-likeness (QED) is 0.618. The van der Waals surface area contributed by atoms with Crippen molar-refractivity contribution in [3.8, 4) is 11.5 Å². The predicted octanol–water partition coefficient (Wildman–Crippen LogP) is -0.0818. The summed E-state index contributed by atoms with van der Waals surface area (Å²) in [6.07, 6.45) is 1.05. The first-order valence-electron chi connectivity index (χ1n) is 8.61. The highest BCUT2D eigenvalue weighted by atomic mass is 32.2. The fourth-order valence-corrected chi connectivity index (χ4v) is 3.60. The molecule has 10 heteroatoms. The van der Waals surface area contributed by atoms with E-state index >= 15 is 0 Å². The summed E-state index contributed by atoms with van der Waals surface area (Å²) in [5, 5.41) is 2.77. The van der Waals surface area contributed by atoms with E-state index in [-0.39, 0.29) is 18.1 Å². The second kappa shape index (κ2) is 9.77. The lowest BCUT2D eigenvalue weighted by Crippen LogP contribution is -2.44. The Morgan fingerprint density at radius 1 is 1.26 bits per heavy atom. The Hall–Kier alpha value is -2.04. The summed E-state index contributed by atoms with van der Waals surface area (Å²) in [4.78, 5) is 14.5. The van der Waals surface area contributed by atoms with Gasteiger partial charge >= 0.3 is 0 Å². The van der Waals surface area contributed by atoms with Crippen LogP contribution in [0.25, 0.3) is 0 Å². The van der Waals surface area contributed by atoms with E-state index in [1.54, 1.807) is 18.2 Å². The average molecular weight is 401 g/mol. The number of hydrogen-bond donors (Lipinski definition) is 1. The van der Waals surface area contributed by atoms with Crippen molar-refractivity contribution in [1.29, 1.82) is 0 Å². The normalized spacial score (nSPS) is 15.2. The summed E-state index contributed by atoms with van der Waals surface area (Å²) < 4.78 is 41.2. The molecule has 1 aromatic rings. The standard InChI is InChI=1S/C17H27N3O6S/c1-24-14-4-5-15(16(12-14)25-2)20(27(3,22)23)13-17(21)18-6-7-19-8-10-26-11-9-19/h4-5,12H,6-11,13H2,1-3H3,(H,18,21). The number of sulfonamides is 1. The number of nitrogens with one attached hydrogen (secondary N) is 1. The maximum Gasteiger partial charge on any atom is 0.240 e. The second-order valence-corrected chi connectivity index (χ2v) is 8.02. The third-order valence-electron chi connectivity index (χ3n) is 4.20. The van der Waals surface area contributed by atoms with E-state index in [2.05, 4.69) is 10.2 Å². The van der Waals surface area contributed by atoms with E-state index in [1.165, 1.54) is 14.2 Å². The molecule has 27 heavy (non-hydrogen) atoms. The van der Waals surface area contributed by atoms with Crippen molar-refractivity contribution in [2.75, 3.05) is 70.7 Å². The van der Waals surface area contributed by atoms with Crippen LogP contribution >= 0.6 is 0 Å². The molecule has 0 atom stereocenters. The SMILES string of the molecule is COc1ccc(N(CC(=O)NCCN2CCOCC2)S(C)(=O)=O)c(OC)c1. The molecule has 9 nitrogen and oxygen atoms in total. The largest absolute Gasteiger partial charge is 0.497 e. The van der Waals surface area contributed by atoms with Crippen molar-refractivity contribution in [2.45, 2.75) is 0 Å². The van der Waals surface area contributed by atoms with Crippen LogP contribution < -0.4 is 19.1 Å². The Balaban J connectivity index is 2.03. The Morgan fingerprint density at radius 3 is 2.56 bits per heavy atom. The van der Waals surface area contributed by atoms with Crippen LogP contribution in [0.1, 0.15) is 0 Å². The Labute approximate surface area is 160 Å². The first kappa shape index (κ1) is 21.3. The molecule has 1 aromatic carbocycles. The third-order valence-corrected chi connectivity index (χ3v) is 5.32. The number of carbonyl (C=O) groups excluding carboxylic acids is 1. The van der Waals surface area contributed by atoms with Crippen LogP contribution in [-0.4, -0.2) is 85.6 Å². The summed E-state index contributed by atoms with van der Waals surface area (Å²) in [6.45, 7) is 3.84. The number of morpholine rings is 1. The number of rotatable bonds is 9. The van der Waals surface area contributed by atoms with Crippen molar-refractivity contribution in [2.24, 2.45) is 0 Å². The van der Waals surface area contributed by atoms with E-state index < -0.39 is 10.0 Å². The molecule has 1 N–H and O–H groups in total. The van der Waals surface area contributed by atoms with Gasteiger partial charge in [0, 0.05) is 32.2 Å². The number of hydrogen-bond acceptors (Lipinski definition) is 7. The highest BCUT2D eigenvalue weighted by molar-refractivity contribution is 7.92. The minimum Gasteiger partial charge on any atom is -0.497 e. The summed E-state index contributed by atoms with van der Waals surface area (Å²) in [5.41, 5.74) is 0.282. The highest BCUT2D eigenvalue weighted by Gasteiger charge is 2.24. The van der Waals surface area contributed by atoms with E-state index in [4.69, 9.17) is 14.2 Å².